The lowest BCUT2D eigenvalue weighted by atomic mass is 10.2. The van der Waals surface area contributed by atoms with Crippen molar-refractivity contribution in [3.05, 3.63) is 63.7 Å². The van der Waals surface area contributed by atoms with Gasteiger partial charge < -0.3 is 4.74 Å². The van der Waals surface area contributed by atoms with Crippen LogP contribution in [0.25, 0.3) is 10.9 Å². The number of rotatable bonds is 4. The minimum absolute atomic E-state index is 0.657. The molecule has 0 radical (unpaired) electrons. The van der Waals surface area contributed by atoms with Crippen LogP contribution < -0.4 is 10.2 Å². The van der Waals surface area contributed by atoms with E-state index in [0.29, 0.717) is 5.02 Å². The number of nitrogens with one attached hydrogen (secondary N) is 1. The van der Waals surface area contributed by atoms with Crippen LogP contribution in [0.2, 0.25) is 5.02 Å². The fourth-order valence-electron chi connectivity index (χ4n) is 2.20. The van der Waals surface area contributed by atoms with Crippen molar-refractivity contribution in [1.82, 2.24) is 4.98 Å². The Labute approximate surface area is 147 Å². The maximum absolute atomic E-state index is 6.00. The molecule has 0 bridgehead atoms. The van der Waals surface area contributed by atoms with Crippen LogP contribution in [0.1, 0.15) is 5.56 Å². The third-order valence-corrected chi connectivity index (χ3v) is 4.01. The smallest absolute Gasteiger partial charge is 0.127 e. The predicted molar refractivity (Wildman–Crippen MR) is 98.7 cm³/mol. The highest BCUT2D eigenvalue weighted by molar-refractivity contribution is 9.10. The zero-order valence-electron chi connectivity index (χ0n) is 12.3. The van der Waals surface area contributed by atoms with Crippen LogP contribution in [-0.4, -0.2) is 18.3 Å². The van der Waals surface area contributed by atoms with Gasteiger partial charge in [-0.25, -0.2) is 0 Å². The fourth-order valence-corrected chi connectivity index (χ4v) is 2.74. The lowest BCUT2D eigenvalue weighted by Gasteiger charge is -2.07. The summed E-state index contributed by atoms with van der Waals surface area (Å²) < 4.78 is 6.28. The molecule has 0 saturated heterocycles. The van der Waals surface area contributed by atoms with Crippen molar-refractivity contribution in [3.8, 4) is 5.75 Å². The molecule has 0 spiro atoms. The zero-order chi connectivity index (χ0) is 16.2. The topological polar surface area (TPSA) is 46.5 Å². The van der Waals surface area contributed by atoms with Gasteiger partial charge in [0.1, 0.15) is 5.75 Å². The Bertz CT molecular complexity index is 883. The number of fused-ring (bicyclic) bond motifs is 1. The standard InChI is InChI=1S/C17H13BrClN3O/c1-23-17-5-2-12(18)8-11(17)10-21-22-15-6-7-20-16-9-13(19)3-4-14(15)16/h2-10H,1H3,(H,20,22). The summed E-state index contributed by atoms with van der Waals surface area (Å²) in [6, 6.07) is 13.2. The van der Waals surface area contributed by atoms with Gasteiger partial charge in [-0.05, 0) is 42.5 Å². The van der Waals surface area contributed by atoms with Gasteiger partial charge in [-0.3, -0.25) is 10.4 Å². The van der Waals surface area contributed by atoms with Crippen LogP contribution in [-0.2, 0) is 0 Å². The number of ether oxygens (including phenoxy) is 1. The molecule has 3 aromatic rings. The van der Waals surface area contributed by atoms with Crippen molar-refractivity contribution in [3.63, 3.8) is 0 Å². The van der Waals surface area contributed by atoms with Gasteiger partial charge in [0.25, 0.3) is 0 Å². The summed E-state index contributed by atoms with van der Waals surface area (Å²) in [6.45, 7) is 0. The second kappa shape index (κ2) is 6.98. The van der Waals surface area contributed by atoms with Gasteiger partial charge in [-0.15, -0.1) is 0 Å². The highest BCUT2D eigenvalue weighted by Gasteiger charge is 2.03. The van der Waals surface area contributed by atoms with E-state index in [2.05, 4.69) is 31.4 Å². The molecular formula is C17H13BrClN3O. The van der Waals surface area contributed by atoms with Gasteiger partial charge in [0, 0.05) is 26.6 Å². The average Bonchev–Trinajstić information content (AvgIpc) is 2.55. The maximum Gasteiger partial charge on any atom is 0.127 e. The first kappa shape index (κ1) is 15.8. The van der Waals surface area contributed by atoms with Gasteiger partial charge in [0.15, 0.2) is 0 Å². The molecule has 0 aliphatic carbocycles. The van der Waals surface area contributed by atoms with E-state index >= 15 is 0 Å². The van der Waals surface area contributed by atoms with E-state index in [1.54, 1.807) is 19.5 Å². The van der Waals surface area contributed by atoms with Gasteiger partial charge >= 0.3 is 0 Å². The molecule has 1 N–H and O–H groups in total. The molecule has 116 valence electrons. The Morgan fingerprint density at radius 3 is 2.91 bits per heavy atom. The number of benzene rings is 2. The molecule has 0 unspecified atom stereocenters. The Balaban J connectivity index is 1.88. The quantitative estimate of drug-likeness (QED) is 0.497. The molecule has 2 aromatic carbocycles. The maximum atomic E-state index is 6.00. The molecule has 23 heavy (non-hydrogen) atoms. The lowest BCUT2D eigenvalue weighted by molar-refractivity contribution is 0.414. The van der Waals surface area contributed by atoms with Crippen molar-refractivity contribution in [2.45, 2.75) is 0 Å². The summed E-state index contributed by atoms with van der Waals surface area (Å²) in [4.78, 5) is 4.31. The number of methoxy groups -OCH3 is 1. The van der Waals surface area contributed by atoms with E-state index < -0.39 is 0 Å². The Hall–Kier alpha value is -2.11. The fraction of sp³-hybridized carbons (Fsp3) is 0.0588. The Morgan fingerprint density at radius 1 is 1.22 bits per heavy atom. The van der Waals surface area contributed by atoms with Gasteiger partial charge in [0.2, 0.25) is 0 Å². The molecule has 0 aliphatic heterocycles. The van der Waals surface area contributed by atoms with Crippen LogP contribution in [0.15, 0.2) is 58.2 Å². The van der Waals surface area contributed by atoms with Crippen LogP contribution in [0.3, 0.4) is 0 Å². The first-order valence-corrected chi connectivity index (χ1v) is 8.01. The van der Waals surface area contributed by atoms with Crippen molar-refractivity contribution < 1.29 is 4.74 Å². The molecule has 3 rings (SSSR count). The predicted octanol–water partition coefficient (Wildman–Crippen LogP) is 5.11. The van der Waals surface area contributed by atoms with Crippen molar-refractivity contribution in [1.29, 1.82) is 0 Å². The van der Waals surface area contributed by atoms with Crippen LogP contribution in [0, 0.1) is 0 Å². The molecule has 1 heterocycles. The molecule has 0 fully saturated rings. The second-order valence-corrected chi connectivity index (χ2v) is 6.13. The number of halogens is 2. The molecule has 6 heteroatoms. The monoisotopic (exact) mass is 389 g/mol. The van der Waals surface area contributed by atoms with Crippen LogP contribution >= 0.6 is 27.5 Å². The normalized spacial score (nSPS) is 11.1. The van der Waals surface area contributed by atoms with Gasteiger partial charge in [-0.1, -0.05) is 27.5 Å². The Kier molecular flexibility index (Phi) is 4.79. The van der Waals surface area contributed by atoms with Gasteiger partial charge in [0.05, 0.1) is 24.5 Å². The van der Waals surface area contributed by atoms with E-state index in [0.717, 1.165) is 32.4 Å². The number of aromatic nitrogens is 1. The number of pyridine rings is 1. The molecule has 0 amide bonds. The molecule has 0 saturated carbocycles. The molecule has 0 aliphatic rings. The molecular weight excluding hydrogens is 378 g/mol. The van der Waals surface area contributed by atoms with Crippen molar-refractivity contribution >= 4 is 50.3 Å². The van der Waals surface area contributed by atoms with E-state index in [1.807, 2.05) is 42.5 Å². The minimum atomic E-state index is 0.657. The van der Waals surface area contributed by atoms with Crippen LogP contribution in [0.5, 0.6) is 5.75 Å². The number of hydrogen-bond acceptors (Lipinski definition) is 4. The third-order valence-electron chi connectivity index (χ3n) is 3.29. The summed E-state index contributed by atoms with van der Waals surface area (Å²) in [5.41, 5.74) is 5.59. The number of hydrogen-bond donors (Lipinski definition) is 1. The summed E-state index contributed by atoms with van der Waals surface area (Å²) in [5.74, 6) is 0.755. The number of nitrogens with zero attached hydrogens (tertiary/aromatic N) is 2. The third kappa shape index (κ3) is 3.63. The van der Waals surface area contributed by atoms with E-state index in [1.165, 1.54) is 0 Å². The average molecular weight is 391 g/mol. The van der Waals surface area contributed by atoms with E-state index in [9.17, 15) is 0 Å². The number of anilines is 1. The summed E-state index contributed by atoms with van der Waals surface area (Å²) in [6.07, 6.45) is 3.43. The molecule has 0 atom stereocenters. The summed E-state index contributed by atoms with van der Waals surface area (Å²) in [7, 11) is 1.63. The Morgan fingerprint density at radius 2 is 2.09 bits per heavy atom. The molecule has 1 aromatic heterocycles. The zero-order valence-corrected chi connectivity index (χ0v) is 14.6. The minimum Gasteiger partial charge on any atom is -0.496 e. The first-order valence-electron chi connectivity index (χ1n) is 6.84. The number of hydrazone groups is 1. The lowest BCUT2D eigenvalue weighted by Crippen LogP contribution is -1.95. The van der Waals surface area contributed by atoms with Crippen molar-refractivity contribution in [2.75, 3.05) is 12.5 Å². The highest BCUT2D eigenvalue weighted by Crippen LogP contribution is 2.25. The first-order chi connectivity index (χ1) is 11.2. The SMILES string of the molecule is COc1ccc(Br)cc1C=NNc1ccnc2cc(Cl)ccc12. The summed E-state index contributed by atoms with van der Waals surface area (Å²) >= 11 is 9.44. The molecule has 4 nitrogen and oxygen atoms in total. The van der Waals surface area contributed by atoms with Gasteiger partial charge in [-0.2, -0.15) is 5.10 Å². The van der Waals surface area contributed by atoms with E-state index in [-0.39, 0.29) is 0 Å². The summed E-state index contributed by atoms with van der Waals surface area (Å²) in [5, 5.41) is 5.91. The van der Waals surface area contributed by atoms with E-state index in [4.69, 9.17) is 16.3 Å². The van der Waals surface area contributed by atoms with Crippen LogP contribution in [0.4, 0.5) is 5.69 Å². The highest BCUT2D eigenvalue weighted by atomic mass is 79.9. The van der Waals surface area contributed by atoms with Crippen molar-refractivity contribution in [2.24, 2.45) is 5.10 Å². The largest absolute Gasteiger partial charge is 0.496 e. The second-order valence-electron chi connectivity index (χ2n) is 4.78.